The molecular formula is C24H26F4O3. The van der Waals surface area contributed by atoms with Crippen molar-refractivity contribution in [1.82, 2.24) is 0 Å². The van der Waals surface area contributed by atoms with E-state index in [0.717, 1.165) is 24.8 Å². The van der Waals surface area contributed by atoms with E-state index in [1.54, 1.807) is 0 Å². The van der Waals surface area contributed by atoms with E-state index < -0.39 is 40.6 Å². The minimum atomic E-state index is -1.68. The lowest BCUT2D eigenvalue weighted by Crippen LogP contribution is -2.20. The van der Waals surface area contributed by atoms with Gasteiger partial charge in [-0.25, -0.2) is 22.4 Å². The summed E-state index contributed by atoms with van der Waals surface area (Å²) < 4.78 is 64.3. The van der Waals surface area contributed by atoms with E-state index in [4.69, 9.17) is 9.47 Å². The summed E-state index contributed by atoms with van der Waals surface area (Å²) >= 11 is 0. The van der Waals surface area contributed by atoms with Crippen LogP contribution in [0.15, 0.2) is 30.3 Å². The highest BCUT2D eigenvalue weighted by Gasteiger charge is 2.22. The molecule has 2 aromatic rings. The van der Waals surface area contributed by atoms with E-state index in [9.17, 15) is 22.4 Å². The van der Waals surface area contributed by atoms with Gasteiger partial charge in [-0.05, 0) is 36.8 Å². The van der Waals surface area contributed by atoms with Gasteiger partial charge in [0.05, 0.1) is 12.2 Å². The molecule has 0 atom stereocenters. The smallest absolute Gasteiger partial charge is 0.346 e. The van der Waals surface area contributed by atoms with Crippen molar-refractivity contribution in [2.45, 2.75) is 51.9 Å². The van der Waals surface area contributed by atoms with Crippen LogP contribution in [0.4, 0.5) is 17.6 Å². The summed E-state index contributed by atoms with van der Waals surface area (Å²) in [5, 5.41) is 0. The minimum absolute atomic E-state index is 0.293. The van der Waals surface area contributed by atoms with Crippen LogP contribution < -0.4 is 9.47 Å². The number of hydrogen-bond donors (Lipinski definition) is 0. The predicted molar refractivity (Wildman–Crippen MR) is 108 cm³/mol. The first-order chi connectivity index (χ1) is 14.9. The first-order valence-corrected chi connectivity index (χ1v) is 10.7. The molecule has 1 aliphatic carbocycles. The number of carbonyl (C=O) groups excluding carboxylic acids is 1. The molecular weight excluding hydrogens is 412 g/mol. The molecule has 0 spiro atoms. The van der Waals surface area contributed by atoms with Gasteiger partial charge in [-0.1, -0.05) is 39.0 Å². The van der Waals surface area contributed by atoms with E-state index in [1.807, 2.05) is 0 Å². The fourth-order valence-electron chi connectivity index (χ4n) is 3.90. The van der Waals surface area contributed by atoms with E-state index in [1.165, 1.54) is 44.2 Å². The van der Waals surface area contributed by atoms with Crippen molar-refractivity contribution in [3.8, 4) is 11.5 Å². The number of carbonyl (C=O) groups is 1. The zero-order valence-electron chi connectivity index (χ0n) is 17.4. The Labute approximate surface area is 179 Å². The summed E-state index contributed by atoms with van der Waals surface area (Å²) in [5.74, 6) is -5.78. The lowest BCUT2D eigenvalue weighted by Gasteiger charge is -2.28. The van der Waals surface area contributed by atoms with Gasteiger partial charge >= 0.3 is 5.97 Å². The van der Waals surface area contributed by atoms with Gasteiger partial charge in [0.1, 0.15) is 17.3 Å². The van der Waals surface area contributed by atoms with Gasteiger partial charge in [-0.3, -0.25) is 0 Å². The van der Waals surface area contributed by atoms with Crippen molar-refractivity contribution in [2.75, 3.05) is 6.61 Å². The second-order valence-corrected chi connectivity index (χ2v) is 8.07. The van der Waals surface area contributed by atoms with E-state index >= 15 is 0 Å². The third-order valence-corrected chi connectivity index (χ3v) is 5.75. The van der Waals surface area contributed by atoms with Gasteiger partial charge in [0.25, 0.3) is 0 Å². The number of hydrogen-bond acceptors (Lipinski definition) is 3. The van der Waals surface area contributed by atoms with Crippen LogP contribution in [0.1, 0.15) is 62.2 Å². The zero-order chi connectivity index (χ0) is 22.4. The van der Waals surface area contributed by atoms with Crippen LogP contribution in [0, 0.1) is 35.1 Å². The largest absolute Gasteiger partial charge is 0.493 e. The third kappa shape index (κ3) is 6.21. The summed E-state index contributed by atoms with van der Waals surface area (Å²) in [6, 6.07) is 4.74. The molecule has 0 N–H and O–H groups in total. The Hall–Kier alpha value is -2.57. The van der Waals surface area contributed by atoms with Crippen molar-refractivity contribution < 1.29 is 31.8 Å². The standard InChI is InChI=1S/C24H26F4O3/c1-2-3-4-15-5-7-16(8-6-15)14-30-17-9-10-19(20(25)11-17)24(29)31-18-12-21(26)23(28)22(27)13-18/h9-13,15-16H,2-8,14H2,1H3/t15-,16-. The van der Waals surface area contributed by atoms with Crippen LogP contribution >= 0.6 is 0 Å². The first-order valence-electron chi connectivity index (χ1n) is 10.7. The molecule has 1 aliphatic rings. The fraction of sp³-hybridized carbons (Fsp3) is 0.458. The zero-order valence-corrected chi connectivity index (χ0v) is 17.4. The number of benzene rings is 2. The van der Waals surface area contributed by atoms with Crippen molar-refractivity contribution in [1.29, 1.82) is 0 Å². The number of rotatable bonds is 8. The molecule has 0 radical (unpaired) electrons. The maximum atomic E-state index is 14.4. The number of ether oxygens (including phenoxy) is 2. The molecule has 0 unspecified atom stereocenters. The molecule has 3 rings (SSSR count). The van der Waals surface area contributed by atoms with Crippen molar-refractivity contribution in [3.63, 3.8) is 0 Å². The average Bonchev–Trinajstić information content (AvgIpc) is 2.75. The molecule has 2 aromatic carbocycles. The lowest BCUT2D eigenvalue weighted by molar-refractivity contribution is 0.0728. The molecule has 168 valence electrons. The number of unbranched alkanes of at least 4 members (excludes halogenated alkanes) is 1. The topological polar surface area (TPSA) is 35.5 Å². The summed E-state index contributed by atoms with van der Waals surface area (Å²) in [5.41, 5.74) is -0.422. The lowest BCUT2D eigenvalue weighted by atomic mass is 9.80. The Kier molecular flexibility index (Phi) is 7.93. The van der Waals surface area contributed by atoms with Crippen LogP contribution in [0.25, 0.3) is 0 Å². The quantitative estimate of drug-likeness (QED) is 0.196. The van der Waals surface area contributed by atoms with Crippen LogP contribution in [0.2, 0.25) is 0 Å². The third-order valence-electron chi connectivity index (χ3n) is 5.75. The highest BCUT2D eigenvalue weighted by atomic mass is 19.2. The maximum absolute atomic E-state index is 14.4. The first kappa shape index (κ1) is 23.1. The molecule has 0 saturated heterocycles. The SMILES string of the molecule is CCCC[C@H]1CC[C@H](COc2ccc(C(=O)Oc3cc(F)c(F)c(F)c3)c(F)c2)CC1. The van der Waals surface area contributed by atoms with Crippen molar-refractivity contribution in [3.05, 3.63) is 59.2 Å². The molecule has 0 bridgehead atoms. The summed E-state index contributed by atoms with van der Waals surface area (Å²) in [4.78, 5) is 12.1. The van der Waals surface area contributed by atoms with Crippen LogP contribution in [-0.4, -0.2) is 12.6 Å². The number of esters is 1. The molecule has 0 aromatic heterocycles. The monoisotopic (exact) mass is 438 g/mol. The second-order valence-electron chi connectivity index (χ2n) is 8.07. The van der Waals surface area contributed by atoms with Crippen LogP contribution in [0.3, 0.4) is 0 Å². The summed E-state index contributed by atoms with van der Waals surface area (Å²) in [6.45, 7) is 2.68. The normalized spacial score (nSPS) is 18.6. The van der Waals surface area contributed by atoms with Gasteiger partial charge in [0, 0.05) is 18.2 Å². The molecule has 3 nitrogen and oxygen atoms in total. The highest BCUT2D eigenvalue weighted by Crippen LogP contribution is 2.32. The van der Waals surface area contributed by atoms with Gasteiger partial charge in [0.2, 0.25) is 0 Å². The Morgan fingerprint density at radius 3 is 2.13 bits per heavy atom. The van der Waals surface area contributed by atoms with Gasteiger partial charge in [-0.2, -0.15) is 0 Å². The Balaban J connectivity index is 1.53. The van der Waals surface area contributed by atoms with Crippen LogP contribution in [-0.2, 0) is 0 Å². The van der Waals surface area contributed by atoms with Crippen molar-refractivity contribution in [2.24, 2.45) is 11.8 Å². The van der Waals surface area contributed by atoms with Gasteiger partial charge < -0.3 is 9.47 Å². The Morgan fingerprint density at radius 1 is 0.903 bits per heavy atom. The highest BCUT2D eigenvalue weighted by molar-refractivity contribution is 5.91. The summed E-state index contributed by atoms with van der Waals surface area (Å²) in [6.07, 6.45) is 8.33. The molecule has 0 aliphatic heterocycles. The summed E-state index contributed by atoms with van der Waals surface area (Å²) in [7, 11) is 0. The molecule has 7 heteroatoms. The Morgan fingerprint density at radius 2 is 1.52 bits per heavy atom. The van der Waals surface area contributed by atoms with Gasteiger partial charge in [-0.15, -0.1) is 0 Å². The van der Waals surface area contributed by atoms with E-state index in [0.29, 0.717) is 30.4 Å². The van der Waals surface area contributed by atoms with Crippen LogP contribution in [0.5, 0.6) is 11.5 Å². The van der Waals surface area contributed by atoms with Gasteiger partial charge in [0.15, 0.2) is 17.5 Å². The fourth-order valence-corrected chi connectivity index (χ4v) is 3.90. The minimum Gasteiger partial charge on any atom is -0.493 e. The Bertz CT molecular complexity index is 885. The van der Waals surface area contributed by atoms with Crippen molar-refractivity contribution >= 4 is 5.97 Å². The molecule has 31 heavy (non-hydrogen) atoms. The second kappa shape index (κ2) is 10.6. The maximum Gasteiger partial charge on any atom is 0.346 e. The molecule has 1 fully saturated rings. The number of halogens is 4. The van der Waals surface area contributed by atoms with E-state index in [2.05, 4.69) is 6.92 Å². The molecule has 0 amide bonds. The molecule has 1 saturated carbocycles. The molecule has 0 heterocycles. The average molecular weight is 438 g/mol. The van der Waals surface area contributed by atoms with E-state index in [-0.39, 0.29) is 0 Å². The predicted octanol–water partition coefficient (Wildman–Crippen LogP) is 6.84.